The number of hydrogen-bond donors (Lipinski definition) is 2. The van der Waals surface area contributed by atoms with Gasteiger partial charge in [-0.1, -0.05) is 18.2 Å². The zero-order chi connectivity index (χ0) is 22.4. The van der Waals surface area contributed by atoms with Crippen LogP contribution in [0.4, 0.5) is 21.5 Å². The molecule has 2 N–H and O–H groups in total. The van der Waals surface area contributed by atoms with Crippen LogP contribution in [0.15, 0.2) is 48.5 Å². The Hall–Kier alpha value is -3.13. The molecule has 2 amide bonds. The van der Waals surface area contributed by atoms with E-state index >= 15 is 0 Å². The minimum Gasteiger partial charge on any atom is -0.373 e. The second-order valence-corrected chi connectivity index (χ2v) is 7.80. The number of carbonyl (C=O) groups excluding carboxylic acids is 2. The van der Waals surface area contributed by atoms with Gasteiger partial charge in [0.15, 0.2) is 0 Å². The summed E-state index contributed by atoms with van der Waals surface area (Å²) in [4.78, 5) is 28.1. The van der Waals surface area contributed by atoms with Crippen molar-refractivity contribution in [2.75, 3.05) is 48.3 Å². The maximum atomic E-state index is 14.7. The molecular formula is C23H29FN4O3. The van der Waals surface area contributed by atoms with Gasteiger partial charge in [-0.3, -0.25) is 9.59 Å². The third kappa shape index (κ3) is 6.18. The van der Waals surface area contributed by atoms with Crippen LogP contribution in [-0.2, 0) is 14.3 Å². The lowest BCUT2D eigenvalue weighted by Crippen LogP contribution is -2.45. The molecule has 0 spiro atoms. The van der Waals surface area contributed by atoms with Crippen molar-refractivity contribution in [2.45, 2.75) is 26.1 Å². The average molecular weight is 429 g/mol. The van der Waals surface area contributed by atoms with Crippen LogP contribution in [0.2, 0.25) is 0 Å². The fraction of sp³-hybridized carbons (Fsp3) is 0.391. The molecule has 0 radical (unpaired) electrons. The highest BCUT2D eigenvalue weighted by Crippen LogP contribution is 2.26. The maximum Gasteiger partial charge on any atom is 0.313 e. The van der Waals surface area contributed by atoms with Crippen LogP contribution in [0.1, 0.15) is 13.8 Å². The molecule has 0 bridgehead atoms. The summed E-state index contributed by atoms with van der Waals surface area (Å²) >= 11 is 0. The van der Waals surface area contributed by atoms with Gasteiger partial charge in [-0.2, -0.15) is 0 Å². The molecule has 1 aliphatic heterocycles. The predicted molar refractivity (Wildman–Crippen MR) is 120 cm³/mol. The number of morpholine rings is 1. The van der Waals surface area contributed by atoms with E-state index in [1.807, 2.05) is 61.0 Å². The van der Waals surface area contributed by atoms with Gasteiger partial charge >= 0.3 is 11.8 Å². The third-order valence-electron chi connectivity index (χ3n) is 5.10. The number of nitrogens with zero attached hydrogens (tertiary/aromatic N) is 2. The topological polar surface area (TPSA) is 73.9 Å². The summed E-state index contributed by atoms with van der Waals surface area (Å²) in [7, 11) is 1.90. The molecule has 0 aliphatic carbocycles. The number of para-hydroxylation sites is 1. The molecular weight excluding hydrogens is 399 g/mol. The highest BCUT2D eigenvalue weighted by Gasteiger charge is 2.24. The van der Waals surface area contributed by atoms with Crippen molar-refractivity contribution in [3.63, 3.8) is 0 Å². The molecule has 7 nitrogen and oxygen atoms in total. The van der Waals surface area contributed by atoms with E-state index in [2.05, 4.69) is 10.6 Å². The molecule has 1 heterocycles. The molecule has 2 unspecified atom stereocenters. The number of anilines is 3. The minimum absolute atomic E-state index is 0.00663. The molecule has 166 valence electrons. The van der Waals surface area contributed by atoms with E-state index in [-0.39, 0.29) is 17.9 Å². The van der Waals surface area contributed by atoms with Gasteiger partial charge < -0.3 is 25.2 Å². The maximum absolute atomic E-state index is 14.7. The average Bonchev–Trinajstić information content (AvgIpc) is 2.73. The second-order valence-electron chi connectivity index (χ2n) is 7.80. The van der Waals surface area contributed by atoms with Crippen molar-refractivity contribution in [3.05, 3.63) is 54.3 Å². The summed E-state index contributed by atoms with van der Waals surface area (Å²) in [5, 5.41) is 5.03. The van der Waals surface area contributed by atoms with Gasteiger partial charge in [-0.15, -0.1) is 0 Å². The third-order valence-corrected chi connectivity index (χ3v) is 5.10. The summed E-state index contributed by atoms with van der Waals surface area (Å²) in [6, 6.07) is 14.2. The highest BCUT2D eigenvalue weighted by atomic mass is 19.1. The Bertz CT molecular complexity index is 899. The van der Waals surface area contributed by atoms with Crippen LogP contribution in [0, 0.1) is 5.82 Å². The number of hydrogen-bond acceptors (Lipinski definition) is 5. The molecule has 2 aromatic carbocycles. The van der Waals surface area contributed by atoms with Crippen molar-refractivity contribution in [1.82, 2.24) is 5.32 Å². The van der Waals surface area contributed by atoms with Crippen LogP contribution in [-0.4, -0.2) is 57.2 Å². The SMILES string of the molecule is CC1CN(c2ccc(NC(=O)C(=O)NCCN(C)c3ccccc3)cc2F)CC(C)O1. The van der Waals surface area contributed by atoms with Crippen molar-refractivity contribution < 1.29 is 18.7 Å². The normalized spacial score (nSPS) is 18.4. The Morgan fingerprint density at radius 1 is 1.10 bits per heavy atom. The molecule has 2 aromatic rings. The van der Waals surface area contributed by atoms with Gasteiger partial charge in [-0.05, 0) is 44.2 Å². The molecule has 1 fully saturated rings. The highest BCUT2D eigenvalue weighted by molar-refractivity contribution is 6.39. The fourth-order valence-electron chi connectivity index (χ4n) is 3.63. The number of carbonyl (C=O) groups is 2. The van der Waals surface area contributed by atoms with E-state index < -0.39 is 17.6 Å². The summed E-state index contributed by atoms with van der Waals surface area (Å²) in [6.45, 7) is 5.93. The molecule has 3 rings (SSSR count). The monoisotopic (exact) mass is 428 g/mol. The largest absolute Gasteiger partial charge is 0.373 e. The first-order valence-corrected chi connectivity index (χ1v) is 10.4. The van der Waals surface area contributed by atoms with Crippen LogP contribution in [0.3, 0.4) is 0 Å². The van der Waals surface area contributed by atoms with Gasteiger partial charge in [0.25, 0.3) is 0 Å². The van der Waals surface area contributed by atoms with E-state index in [1.54, 1.807) is 12.1 Å². The van der Waals surface area contributed by atoms with Crippen LogP contribution in [0.5, 0.6) is 0 Å². The number of halogens is 1. The van der Waals surface area contributed by atoms with Gasteiger partial charge in [0.05, 0.1) is 17.9 Å². The van der Waals surface area contributed by atoms with Gasteiger partial charge in [0, 0.05) is 44.6 Å². The van der Waals surface area contributed by atoms with Crippen LogP contribution >= 0.6 is 0 Å². The van der Waals surface area contributed by atoms with E-state index in [0.717, 1.165) is 5.69 Å². The molecule has 8 heteroatoms. The summed E-state index contributed by atoms with van der Waals surface area (Å²) in [6.07, 6.45) is 0.0133. The van der Waals surface area contributed by atoms with Gasteiger partial charge in [-0.25, -0.2) is 4.39 Å². The Balaban J connectivity index is 1.50. The molecule has 0 saturated carbocycles. The van der Waals surface area contributed by atoms with Crippen molar-refractivity contribution in [1.29, 1.82) is 0 Å². The molecule has 2 atom stereocenters. The van der Waals surface area contributed by atoms with Crippen LogP contribution in [0.25, 0.3) is 0 Å². The summed E-state index contributed by atoms with van der Waals surface area (Å²) in [5.74, 6) is -2.05. The number of rotatable bonds is 6. The first-order chi connectivity index (χ1) is 14.8. The van der Waals surface area contributed by atoms with Crippen LogP contribution < -0.4 is 20.4 Å². The Kier molecular flexibility index (Phi) is 7.46. The zero-order valence-corrected chi connectivity index (χ0v) is 18.1. The quantitative estimate of drug-likeness (QED) is 0.692. The van der Waals surface area contributed by atoms with Crippen molar-refractivity contribution >= 4 is 28.9 Å². The lowest BCUT2D eigenvalue weighted by Gasteiger charge is -2.37. The minimum atomic E-state index is -0.830. The second kappa shape index (κ2) is 10.3. The first-order valence-electron chi connectivity index (χ1n) is 10.4. The van der Waals surface area contributed by atoms with E-state index in [0.29, 0.717) is 31.9 Å². The Labute approximate surface area is 182 Å². The number of ether oxygens (including phenoxy) is 1. The Morgan fingerprint density at radius 3 is 2.42 bits per heavy atom. The zero-order valence-electron chi connectivity index (χ0n) is 18.1. The lowest BCUT2D eigenvalue weighted by molar-refractivity contribution is -0.136. The van der Waals surface area contributed by atoms with E-state index in [1.165, 1.54) is 6.07 Å². The van der Waals surface area contributed by atoms with Gasteiger partial charge in [0.2, 0.25) is 0 Å². The summed E-state index contributed by atoms with van der Waals surface area (Å²) < 4.78 is 20.3. The first kappa shape index (κ1) is 22.6. The van der Waals surface area contributed by atoms with E-state index in [4.69, 9.17) is 4.74 Å². The van der Waals surface area contributed by atoms with E-state index in [9.17, 15) is 14.0 Å². The van der Waals surface area contributed by atoms with Crippen molar-refractivity contribution in [2.24, 2.45) is 0 Å². The molecule has 1 aliphatic rings. The standard InChI is InChI=1S/C23H29FN4O3/c1-16-14-28(15-17(2)31-16)21-10-9-18(13-20(21)24)26-23(30)22(29)25-11-12-27(3)19-7-5-4-6-8-19/h4-10,13,16-17H,11-12,14-15H2,1-3H3,(H,25,29)(H,26,30). The smallest absolute Gasteiger partial charge is 0.313 e. The summed E-state index contributed by atoms with van der Waals surface area (Å²) in [5.41, 5.74) is 1.70. The number of benzene rings is 2. The molecule has 0 aromatic heterocycles. The fourth-order valence-corrected chi connectivity index (χ4v) is 3.63. The Morgan fingerprint density at radius 2 is 1.77 bits per heavy atom. The molecule has 31 heavy (non-hydrogen) atoms. The van der Waals surface area contributed by atoms with Crippen molar-refractivity contribution in [3.8, 4) is 0 Å². The lowest BCUT2D eigenvalue weighted by atomic mass is 10.2. The number of likely N-dealkylation sites (N-methyl/N-ethyl adjacent to an activating group) is 1. The molecule has 1 saturated heterocycles. The predicted octanol–water partition coefficient (Wildman–Crippen LogP) is 2.63. The number of nitrogens with one attached hydrogen (secondary N) is 2. The van der Waals surface area contributed by atoms with Gasteiger partial charge in [0.1, 0.15) is 5.82 Å². The number of amides is 2.